The van der Waals surface area contributed by atoms with Crippen LogP contribution >= 0.6 is 11.3 Å². The van der Waals surface area contributed by atoms with E-state index in [1.54, 1.807) is 24.3 Å². The number of carbonyl (C=O) groups excluding carboxylic acids is 1. The Morgan fingerprint density at radius 3 is 2.86 bits per heavy atom. The van der Waals surface area contributed by atoms with Crippen LogP contribution in [-0.4, -0.2) is 28.6 Å². The lowest BCUT2D eigenvalue weighted by Gasteiger charge is -2.26. The molecule has 22 heavy (non-hydrogen) atoms. The highest BCUT2D eigenvalue weighted by molar-refractivity contribution is 7.09. The molecule has 0 saturated carbocycles. The Balaban J connectivity index is 1.98. The molecule has 6 heteroatoms. The number of amides is 1. The van der Waals surface area contributed by atoms with E-state index in [9.17, 15) is 9.90 Å². The minimum absolute atomic E-state index is 0.164. The van der Waals surface area contributed by atoms with Gasteiger partial charge in [-0.2, -0.15) is 0 Å². The molecule has 0 radical (unpaired) electrons. The van der Waals surface area contributed by atoms with E-state index in [2.05, 4.69) is 10.3 Å². The van der Waals surface area contributed by atoms with E-state index in [1.165, 1.54) is 6.26 Å². The molecule has 0 aliphatic rings. The predicted octanol–water partition coefficient (Wildman–Crippen LogP) is 3.24. The van der Waals surface area contributed by atoms with E-state index < -0.39 is 0 Å². The number of thiazole rings is 1. The fourth-order valence-corrected chi connectivity index (χ4v) is 2.96. The second kappa shape index (κ2) is 6.62. The Hall–Kier alpha value is -1.66. The average molecular weight is 322 g/mol. The number of nitrogens with zero attached hydrogens (tertiary/aromatic N) is 1. The Morgan fingerprint density at radius 1 is 1.55 bits per heavy atom. The third-order valence-electron chi connectivity index (χ3n) is 3.31. The molecule has 2 aromatic rings. The molecule has 0 aliphatic carbocycles. The molecule has 0 spiro atoms. The number of aromatic nitrogens is 1. The second-order valence-corrected chi connectivity index (χ2v) is 7.41. The number of aliphatic hydroxyl groups excluding tert-OH is 1. The first-order chi connectivity index (χ1) is 10.3. The molecule has 120 valence electrons. The number of rotatable bonds is 6. The summed E-state index contributed by atoms with van der Waals surface area (Å²) in [6.07, 6.45) is 1.68. The molecule has 1 amide bonds. The van der Waals surface area contributed by atoms with Gasteiger partial charge in [0.15, 0.2) is 5.76 Å². The summed E-state index contributed by atoms with van der Waals surface area (Å²) in [5.74, 6) is 0.415. The Bertz CT molecular complexity index is 643. The van der Waals surface area contributed by atoms with Crippen LogP contribution in [0.25, 0.3) is 11.5 Å². The van der Waals surface area contributed by atoms with E-state index in [-0.39, 0.29) is 17.4 Å². The molecule has 2 rings (SSSR count). The van der Waals surface area contributed by atoms with Crippen LogP contribution < -0.4 is 5.32 Å². The first-order valence-corrected chi connectivity index (χ1v) is 8.12. The first-order valence-electron chi connectivity index (χ1n) is 7.24. The monoisotopic (exact) mass is 322 g/mol. The van der Waals surface area contributed by atoms with E-state index >= 15 is 0 Å². The van der Waals surface area contributed by atoms with E-state index in [0.717, 1.165) is 10.7 Å². The van der Waals surface area contributed by atoms with Gasteiger partial charge in [0.25, 0.3) is 5.91 Å². The summed E-state index contributed by atoms with van der Waals surface area (Å²) in [6.45, 7) is 8.20. The molecule has 1 atom stereocenters. The minimum Gasteiger partial charge on any atom is -0.462 e. The molecular formula is C16H22N2O3S. The van der Waals surface area contributed by atoms with Crippen LogP contribution in [0.5, 0.6) is 0 Å². The molecule has 0 bridgehead atoms. The van der Waals surface area contributed by atoms with Crippen LogP contribution in [0.2, 0.25) is 0 Å². The SMILES string of the molecule is Cc1nc(-c2cc(C(=O)NCC(C)(C)CC(C)O)co2)cs1. The second-order valence-electron chi connectivity index (χ2n) is 6.35. The van der Waals surface area contributed by atoms with Gasteiger partial charge < -0.3 is 14.8 Å². The maximum Gasteiger partial charge on any atom is 0.254 e. The highest BCUT2D eigenvalue weighted by atomic mass is 32.1. The molecule has 0 fully saturated rings. The van der Waals surface area contributed by atoms with Gasteiger partial charge in [-0.15, -0.1) is 11.3 Å². The van der Waals surface area contributed by atoms with Gasteiger partial charge in [-0.3, -0.25) is 4.79 Å². The van der Waals surface area contributed by atoms with Crippen molar-refractivity contribution in [1.29, 1.82) is 0 Å². The van der Waals surface area contributed by atoms with Gasteiger partial charge in [0.2, 0.25) is 0 Å². The lowest BCUT2D eigenvalue weighted by atomic mass is 9.87. The Labute approximate surface area is 134 Å². The number of nitrogens with one attached hydrogen (secondary N) is 1. The van der Waals surface area contributed by atoms with Crippen LogP contribution in [0.1, 0.15) is 42.6 Å². The summed E-state index contributed by atoms with van der Waals surface area (Å²) in [7, 11) is 0. The maximum atomic E-state index is 12.2. The molecule has 2 aromatic heterocycles. The Kier molecular flexibility index (Phi) is 5.03. The third-order valence-corrected chi connectivity index (χ3v) is 4.08. The smallest absolute Gasteiger partial charge is 0.254 e. The van der Waals surface area contributed by atoms with Crippen LogP contribution in [0.15, 0.2) is 22.1 Å². The number of furan rings is 1. The Morgan fingerprint density at radius 2 is 2.27 bits per heavy atom. The summed E-state index contributed by atoms with van der Waals surface area (Å²) in [6, 6.07) is 1.70. The van der Waals surface area contributed by atoms with Gasteiger partial charge in [0, 0.05) is 11.9 Å². The standard InChI is InChI=1S/C16H22N2O3S/c1-10(19)6-16(3,4)9-17-15(20)12-5-14(21-7-12)13-8-22-11(2)18-13/h5,7-8,10,19H,6,9H2,1-4H3,(H,17,20). The van der Waals surface area contributed by atoms with Gasteiger partial charge >= 0.3 is 0 Å². The molecule has 0 aromatic carbocycles. The largest absolute Gasteiger partial charge is 0.462 e. The van der Waals surface area contributed by atoms with Crippen molar-refractivity contribution >= 4 is 17.2 Å². The fourth-order valence-electron chi connectivity index (χ4n) is 2.36. The van der Waals surface area contributed by atoms with Crippen LogP contribution in [0.4, 0.5) is 0 Å². The normalized spacial score (nSPS) is 13.1. The summed E-state index contributed by atoms with van der Waals surface area (Å²) < 4.78 is 5.43. The quantitative estimate of drug-likeness (QED) is 0.856. The first kappa shape index (κ1) is 16.7. The highest BCUT2D eigenvalue weighted by Gasteiger charge is 2.22. The van der Waals surface area contributed by atoms with Crippen molar-refractivity contribution in [3.05, 3.63) is 28.3 Å². The van der Waals surface area contributed by atoms with Crippen molar-refractivity contribution in [3.63, 3.8) is 0 Å². The summed E-state index contributed by atoms with van der Waals surface area (Å²) in [4.78, 5) is 16.5. The zero-order valence-corrected chi connectivity index (χ0v) is 14.2. The van der Waals surface area contributed by atoms with Crippen molar-refractivity contribution in [2.75, 3.05) is 6.54 Å². The van der Waals surface area contributed by atoms with E-state index in [4.69, 9.17) is 4.42 Å². The number of carbonyl (C=O) groups is 1. The van der Waals surface area contributed by atoms with Gasteiger partial charge in [-0.05, 0) is 31.7 Å². The van der Waals surface area contributed by atoms with E-state index in [1.807, 2.05) is 26.2 Å². The molecular weight excluding hydrogens is 300 g/mol. The maximum absolute atomic E-state index is 12.2. The molecule has 0 aliphatic heterocycles. The van der Waals surface area contributed by atoms with Gasteiger partial charge in [-0.1, -0.05) is 13.8 Å². The van der Waals surface area contributed by atoms with Crippen LogP contribution in [-0.2, 0) is 0 Å². The van der Waals surface area contributed by atoms with Gasteiger partial charge in [-0.25, -0.2) is 4.98 Å². The topological polar surface area (TPSA) is 75.4 Å². The lowest BCUT2D eigenvalue weighted by molar-refractivity contribution is 0.0901. The van der Waals surface area contributed by atoms with Gasteiger partial charge in [0.05, 0.1) is 16.7 Å². The number of aryl methyl sites for hydroxylation is 1. The minimum atomic E-state index is -0.389. The zero-order valence-electron chi connectivity index (χ0n) is 13.3. The van der Waals surface area contributed by atoms with E-state index in [0.29, 0.717) is 24.3 Å². The van der Waals surface area contributed by atoms with Gasteiger partial charge in [0.1, 0.15) is 12.0 Å². The van der Waals surface area contributed by atoms with Crippen molar-refractivity contribution in [2.45, 2.75) is 40.2 Å². The van der Waals surface area contributed by atoms with Crippen molar-refractivity contribution < 1.29 is 14.3 Å². The third kappa shape index (κ3) is 4.42. The molecule has 2 N–H and O–H groups in total. The predicted molar refractivity (Wildman–Crippen MR) is 87.0 cm³/mol. The van der Waals surface area contributed by atoms with Crippen molar-refractivity contribution in [3.8, 4) is 11.5 Å². The molecule has 1 unspecified atom stereocenters. The van der Waals surface area contributed by atoms with Crippen LogP contribution in [0.3, 0.4) is 0 Å². The number of hydrogen-bond acceptors (Lipinski definition) is 5. The van der Waals surface area contributed by atoms with Crippen molar-refractivity contribution in [2.24, 2.45) is 5.41 Å². The summed E-state index contributed by atoms with van der Waals surface area (Å²) in [5.41, 5.74) is 1.06. The summed E-state index contributed by atoms with van der Waals surface area (Å²) >= 11 is 1.54. The lowest BCUT2D eigenvalue weighted by Crippen LogP contribution is -2.35. The zero-order chi connectivity index (χ0) is 16.3. The van der Waals surface area contributed by atoms with Crippen molar-refractivity contribution in [1.82, 2.24) is 10.3 Å². The molecule has 2 heterocycles. The fraction of sp³-hybridized carbons (Fsp3) is 0.500. The summed E-state index contributed by atoms with van der Waals surface area (Å²) in [5, 5.41) is 15.2. The molecule has 5 nitrogen and oxygen atoms in total. The van der Waals surface area contributed by atoms with Crippen LogP contribution in [0, 0.1) is 12.3 Å². The number of hydrogen-bond donors (Lipinski definition) is 2. The molecule has 0 saturated heterocycles. The number of aliphatic hydroxyl groups is 1. The average Bonchev–Trinajstić information content (AvgIpc) is 3.03. The highest BCUT2D eigenvalue weighted by Crippen LogP contribution is 2.24.